The van der Waals surface area contributed by atoms with E-state index in [9.17, 15) is 18.8 Å². The van der Waals surface area contributed by atoms with Gasteiger partial charge in [0.25, 0.3) is 0 Å². The van der Waals surface area contributed by atoms with Crippen LogP contribution < -0.4 is 5.69 Å². The topological polar surface area (TPSA) is 125 Å². The smallest absolute Gasteiger partial charge is 0.328 e. The number of H-pyrrole nitrogens is 1. The number of piperidine rings is 1. The van der Waals surface area contributed by atoms with Gasteiger partial charge in [0, 0.05) is 42.9 Å². The van der Waals surface area contributed by atoms with Crippen LogP contribution in [-0.2, 0) is 14.3 Å². The molecule has 9 nitrogen and oxygen atoms in total. The number of imidazole rings is 1. The number of aromatic amines is 1. The standard InChI is InChI=1S/C23H25ClFN3O2.C4H4O4/c24-17-3-6-21-20(12-17)26-23(29)28(21)19-7-9-27(10-8-19)13-15-11-22(30-14-15)16-1-4-18(25)5-2-16;5-3(6)1-2-4(7)8/h1-6,12,15,19,22H,7-11,13-14H2,(H,26,29);1-2H,(H,5,6)(H,7,8)/b;2-1-/t15-,22-;/m0./s1. The molecule has 0 amide bonds. The summed E-state index contributed by atoms with van der Waals surface area (Å²) in [5.74, 6) is -2.25. The van der Waals surface area contributed by atoms with Gasteiger partial charge in [-0.2, -0.15) is 0 Å². The largest absolute Gasteiger partial charge is 0.478 e. The summed E-state index contributed by atoms with van der Waals surface area (Å²) >= 11 is 6.06. The number of nitrogens with zero attached hydrogens (tertiary/aromatic N) is 2. The van der Waals surface area contributed by atoms with E-state index < -0.39 is 11.9 Å². The van der Waals surface area contributed by atoms with Crippen molar-refractivity contribution in [1.29, 1.82) is 0 Å². The first kappa shape index (κ1) is 27.6. The molecule has 0 bridgehead atoms. The molecule has 0 aliphatic carbocycles. The fourth-order valence-corrected chi connectivity index (χ4v) is 5.23. The van der Waals surface area contributed by atoms with Gasteiger partial charge in [0.1, 0.15) is 5.82 Å². The zero-order chi connectivity index (χ0) is 27.2. The number of aromatic nitrogens is 2. The molecule has 2 aromatic carbocycles. The van der Waals surface area contributed by atoms with Crippen molar-refractivity contribution in [3.05, 3.63) is 81.5 Å². The van der Waals surface area contributed by atoms with Gasteiger partial charge < -0.3 is 24.8 Å². The van der Waals surface area contributed by atoms with Crippen LogP contribution in [0.4, 0.5) is 4.39 Å². The minimum absolute atomic E-state index is 0.0583. The van der Waals surface area contributed by atoms with E-state index >= 15 is 0 Å². The Bertz CT molecular complexity index is 1350. The maximum absolute atomic E-state index is 13.1. The van der Waals surface area contributed by atoms with E-state index in [4.69, 9.17) is 26.6 Å². The number of benzene rings is 2. The molecule has 0 unspecified atom stereocenters. The first-order chi connectivity index (χ1) is 18.2. The number of rotatable bonds is 6. The molecule has 3 aromatic rings. The van der Waals surface area contributed by atoms with Gasteiger partial charge in [-0.25, -0.2) is 18.8 Å². The van der Waals surface area contributed by atoms with Crippen molar-refractivity contribution in [2.75, 3.05) is 26.2 Å². The second-order valence-corrected chi connectivity index (χ2v) is 9.91. The van der Waals surface area contributed by atoms with Crippen molar-refractivity contribution in [2.45, 2.75) is 31.4 Å². The fourth-order valence-electron chi connectivity index (χ4n) is 5.06. The number of aliphatic carboxylic acids is 2. The Hall–Kier alpha value is -3.47. The van der Waals surface area contributed by atoms with Crippen LogP contribution >= 0.6 is 11.6 Å². The summed E-state index contributed by atoms with van der Waals surface area (Å²) in [5, 5.41) is 16.3. The molecule has 0 radical (unpaired) electrons. The third-order valence-corrected chi connectivity index (χ3v) is 7.04. The van der Waals surface area contributed by atoms with E-state index in [2.05, 4.69) is 9.88 Å². The number of hydrogen-bond acceptors (Lipinski definition) is 5. The highest BCUT2D eigenvalue weighted by molar-refractivity contribution is 6.31. The lowest BCUT2D eigenvalue weighted by atomic mass is 9.98. The Balaban J connectivity index is 0.000000368. The van der Waals surface area contributed by atoms with Crippen LogP contribution in [0.5, 0.6) is 0 Å². The molecule has 38 heavy (non-hydrogen) atoms. The Morgan fingerprint density at radius 2 is 1.74 bits per heavy atom. The molecule has 0 spiro atoms. The predicted octanol–water partition coefficient (Wildman–Crippen LogP) is 4.25. The van der Waals surface area contributed by atoms with Gasteiger partial charge in [-0.05, 0) is 61.1 Å². The molecule has 0 saturated carbocycles. The lowest BCUT2D eigenvalue weighted by molar-refractivity contribution is -0.134. The van der Waals surface area contributed by atoms with Crippen molar-refractivity contribution < 1.29 is 28.9 Å². The number of hydrogen-bond donors (Lipinski definition) is 3. The molecule has 3 N–H and O–H groups in total. The zero-order valence-electron chi connectivity index (χ0n) is 20.6. The van der Waals surface area contributed by atoms with Gasteiger partial charge in [0.05, 0.1) is 23.7 Å². The van der Waals surface area contributed by atoms with Crippen LogP contribution in [0.25, 0.3) is 11.0 Å². The molecule has 5 rings (SSSR count). The highest BCUT2D eigenvalue weighted by atomic mass is 35.5. The van der Waals surface area contributed by atoms with Crippen molar-refractivity contribution in [3.8, 4) is 0 Å². The summed E-state index contributed by atoms with van der Waals surface area (Å²) in [6.07, 6.45) is 4.04. The number of fused-ring (bicyclic) bond motifs is 1. The molecule has 3 heterocycles. The second kappa shape index (κ2) is 12.4. The van der Waals surface area contributed by atoms with Crippen LogP contribution in [0.15, 0.2) is 59.4 Å². The van der Waals surface area contributed by atoms with Crippen LogP contribution in [0.1, 0.15) is 37.0 Å². The summed E-state index contributed by atoms with van der Waals surface area (Å²) in [5.41, 5.74) is 2.72. The van der Waals surface area contributed by atoms with Crippen molar-refractivity contribution >= 4 is 34.6 Å². The first-order valence-electron chi connectivity index (χ1n) is 12.3. The van der Waals surface area contributed by atoms with E-state index in [0.717, 1.165) is 62.1 Å². The monoisotopic (exact) mass is 545 g/mol. The number of carboxylic acid groups (broad SMARTS) is 2. The molecular formula is C27H29ClFN3O6. The molecule has 202 valence electrons. The number of carboxylic acids is 2. The normalized spacial score (nSPS) is 20.5. The van der Waals surface area contributed by atoms with Gasteiger partial charge >= 0.3 is 17.6 Å². The van der Waals surface area contributed by atoms with Crippen molar-refractivity contribution in [2.24, 2.45) is 5.92 Å². The second-order valence-electron chi connectivity index (χ2n) is 9.48. The minimum Gasteiger partial charge on any atom is -0.478 e. The predicted molar refractivity (Wildman–Crippen MR) is 140 cm³/mol. The van der Waals surface area contributed by atoms with Crippen LogP contribution in [0.3, 0.4) is 0 Å². The van der Waals surface area contributed by atoms with Crippen LogP contribution in [0, 0.1) is 11.7 Å². The number of halogens is 2. The molecule has 11 heteroatoms. The summed E-state index contributed by atoms with van der Waals surface area (Å²) in [4.78, 5) is 37.0. The van der Waals surface area contributed by atoms with E-state index in [1.54, 1.807) is 0 Å². The third-order valence-electron chi connectivity index (χ3n) is 6.81. The third kappa shape index (κ3) is 7.09. The van der Waals surface area contributed by atoms with Gasteiger partial charge in [-0.1, -0.05) is 23.7 Å². The molecule has 2 aliphatic heterocycles. The Labute approximate surface area is 223 Å². The Morgan fingerprint density at radius 3 is 2.37 bits per heavy atom. The average Bonchev–Trinajstić information content (AvgIpc) is 3.47. The summed E-state index contributed by atoms with van der Waals surface area (Å²) in [6.45, 7) is 3.68. The summed E-state index contributed by atoms with van der Waals surface area (Å²) in [7, 11) is 0. The van der Waals surface area contributed by atoms with E-state index in [-0.39, 0.29) is 23.7 Å². The highest BCUT2D eigenvalue weighted by Crippen LogP contribution is 2.34. The number of carbonyl (C=O) groups is 2. The van der Waals surface area contributed by atoms with E-state index in [1.165, 1.54) is 12.1 Å². The molecule has 2 atom stereocenters. The zero-order valence-corrected chi connectivity index (χ0v) is 21.3. The summed E-state index contributed by atoms with van der Waals surface area (Å²) < 4.78 is 21.0. The lowest BCUT2D eigenvalue weighted by Gasteiger charge is -2.33. The first-order valence-corrected chi connectivity index (χ1v) is 12.7. The Kier molecular flexibility index (Phi) is 8.98. The molecular weight excluding hydrogens is 517 g/mol. The SMILES string of the molecule is O=C(O)/C=C\C(=O)O.O=c1[nH]c2cc(Cl)ccc2n1C1CCN(C[C@H]2CO[C@H](c3ccc(F)cc3)C2)CC1. The number of nitrogens with one attached hydrogen (secondary N) is 1. The van der Waals surface area contributed by atoms with Gasteiger partial charge in [0.2, 0.25) is 0 Å². The highest BCUT2D eigenvalue weighted by Gasteiger charge is 2.30. The van der Waals surface area contributed by atoms with Crippen molar-refractivity contribution in [1.82, 2.24) is 14.5 Å². The quantitative estimate of drug-likeness (QED) is 0.395. The van der Waals surface area contributed by atoms with Crippen LogP contribution in [-0.4, -0.2) is 62.8 Å². The maximum atomic E-state index is 13.1. The van der Waals surface area contributed by atoms with Gasteiger partial charge in [-0.3, -0.25) is 4.57 Å². The lowest BCUT2D eigenvalue weighted by Crippen LogP contribution is -2.39. The van der Waals surface area contributed by atoms with Crippen LogP contribution in [0.2, 0.25) is 5.02 Å². The Morgan fingerprint density at radius 1 is 1.08 bits per heavy atom. The van der Waals surface area contributed by atoms with Gasteiger partial charge in [-0.15, -0.1) is 0 Å². The average molecular weight is 546 g/mol. The number of ether oxygens (including phenoxy) is 1. The fraction of sp³-hybridized carbons (Fsp3) is 0.370. The van der Waals surface area contributed by atoms with Gasteiger partial charge in [0.15, 0.2) is 0 Å². The molecule has 1 aromatic heterocycles. The van der Waals surface area contributed by atoms with Crippen molar-refractivity contribution in [3.63, 3.8) is 0 Å². The maximum Gasteiger partial charge on any atom is 0.328 e. The molecule has 2 fully saturated rings. The van der Waals surface area contributed by atoms with E-state index in [0.29, 0.717) is 23.1 Å². The molecule has 2 saturated heterocycles. The minimum atomic E-state index is -1.26. The number of likely N-dealkylation sites (tertiary alicyclic amines) is 1. The van der Waals surface area contributed by atoms with E-state index in [1.807, 2.05) is 34.9 Å². The summed E-state index contributed by atoms with van der Waals surface area (Å²) in [6, 6.07) is 12.4. The molecule has 2 aliphatic rings.